The van der Waals surface area contributed by atoms with Crippen molar-refractivity contribution in [2.75, 3.05) is 0 Å². The molecule has 1 aromatic carbocycles. The molecule has 1 atom stereocenters. The van der Waals surface area contributed by atoms with Crippen LogP contribution in [0.15, 0.2) is 36.7 Å². The zero-order valence-electron chi connectivity index (χ0n) is 9.48. The molecule has 18 heavy (non-hydrogen) atoms. The van der Waals surface area contributed by atoms with Gasteiger partial charge in [-0.3, -0.25) is 5.84 Å². The first-order chi connectivity index (χ1) is 8.72. The number of hydrazine groups is 1. The van der Waals surface area contributed by atoms with Gasteiger partial charge in [0.05, 0.1) is 11.1 Å². The lowest BCUT2D eigenvalue weighted by molar-refractivity contribution is 0.506. The molecule has 0 radical (unpaired) electrons. The molecule has 0 saturated heterocycles. The van der Waals surface area contributed by atoms with Gasteiger partial charge in [0.25, 0.3) is 0 Å². The van der Waals surface area contributed by atoms with Gasteiger partial charge in [0, 0.05) is 12.4 Å². The third kappa shape index (κ3) is 2.81. The molecular weight excluding hydrogens is 255 g/mol. The van der Waals surface area contributed by atoms with Crippen molar-refractivity contribution in [3.63, 3.8) is 0 Å². The van der Waals surface area contributed by atoms with Crippen molar-refractivity contribution >= 4 is 11.6 Å². The fourth-order valence-corrected chi connectivity index (χ4v) is 1.84. The number of benzene rings is 1. The first-order valence-electron chi connectivity index (χ1n) is 5.38. The number of rotatable bonds is 4. The Morgan fingerprint density at radius 1 is 1.28 bits per heavy atom. The van der Waals surface area contributed by atoms with Crippen molar-refractivity contribution in [3.8, 4) is 0 Å². The zero-order valence-corrected chi connectivity index (χ0v) is 10.2. The van der Waals surface area contributed by atoms with E-state index in [1.54, 1.807) is 30.6 Å². The van der Waals surface area contributed by atoms with E-state index in [1.807, 2.05) is 0 Å². The molecule has 3 N–H and O–H groups in total. The van der Waals surface area contributed by atoms with Crippen LogP contribution in [0.25, 0.3) is 0 Å². The highest BCUT2D eigenvalue weighted by atomic mass is 35.5. The van der Waals surface area contributed by atoms with Crippen LogP contribution in [0.3, 0.4) is 0 Å². The zero-order chi connectivity index (χ0) is 13.0. The van der Waals surface area contributed by atoms with Crippen molar-refractivity contribution < 1.29 is 4.39 Å². The molecular formula is C12H12ClFN4. The van der Waals surface area contributed by atoms with Crippen LogP contribution < -0.4 is 11.3 Å². The second kappa shape index (κ2) is 5.86. The second-order valence-electron chi connectivity index (χ2n) is 3.74. The molecule has 2 aromatic rings. The topological polar surface area (TPSA) is 63.8 Å². The number of hydrogen-bond acceptors (Lipinski definition) is 4. The minimum atomic E-state index is -0.435. The van der Waals surface area contributed by atoms with Crippen LogP contribution in [0.4, 0.5) is 4.39 Å². The summed E-state index contributed by atoms with van der Waals surface area (Å²) in [5, 5.41) is 0.0947. The lowest BCUT2D eigenvalue weighted by atomic mass is 10.1. The molecule has 0 spiro atoms. The quantitative estimate of drug-likeness (QED) is 0.656. The SMILES string of the molecule is NNC(Cc1cccc(Cl)c1F)c1ncccn1. The van der Waals surface area contributed by atoms with Crippen LogP contribution in [0.1, 0.15) is 17.4 Å². The van der Waals surface area contributed by atoms with Gasteiger partial charge < -0.3 is 0 Å². The summed E-state index contributed by atoms with van der Waals surface area (Å²) < 4.78 is 13.8. The van der Waals surface area contributed by atoms with Gasteiger partial charge in [-0.2, -0.15) is 0 Å². The summed E-state index contributed by atoms with van der Waals surface area (Å²) in [6, 6.07) is 6.20. The van der Waals surface area contributed by atoms with Gasteiger partial charge in [-0.05, 0) is 24.1 Å². The maximum atomic E-state index is 13.8. The Hall–Kier alpha value is -1.56. The average molecular weight is 267 g/mol. The van der Waals surface area contributed by atoms with E-state index in [0.717, 1.165) is 0 Å². The van der Waals surface area contributed by atoms with E-state index in [0.29, 0.717) is 17.8 Å². The first-order valence-corrected chi connectivity index (χ1v) is 5.76. The normalized spacial score (nSPS) is 12.4. The molecule has 0 fully saturated rings. The minimum absolute atomic E-state index is 0.0947. The van der Waals surface area contributed by atoms with E-state index >= 15 is 0 Å². The van der Waals surface area contributed by atoms with Crippen LogP contribution in [-0.4, -0.2) is 9.97 Å². The van der Waals surface area contributed by atoms with E-state index in [2.05, 4.69) is 15.4 Å². The highest BCUT2D eigenvalue weighted by Crippen LogP contribution is 2.22. The molecule has 0 saturated carbocycles. The van der Waals surface area contributed by atoms with E-state index in [4.69, 9.17) is 17.4 Å². The molecule has 0 bridgehead atoms. The Kier molecular flexibility index (Phi) is 4.19. The largest absolute Gasteiger partial charge is 0.271 e. The second-order valence-corrected chi connectivity index (χ2v) is 4.15. The summed E-state index contributed by atoms with van der Waals surface area (Å²) in [7, 11) is 0. The Balaban J connectivity index is 2.24. The highest BCUT2D eigenvalue weighted by molar-refractivity contribution is 6.30. The molecule has 0 aliphatic heterocycles. The van der Waals surface area contributed by atoms with Gasteiger partial charge >= 0.3 is 0 Å². The van der Waals surface area contributed by atoms with Gasteiger partial charge in [0.15, 0.2) is 0 Å². The smallest absolute Gasteiger partial charge is 0.146 e. The van der Waals surface area contributed by atoms with Gasteiger partial charge in [-0.25, -0.2) is 19.8 Å². The third-order valence-corrected chi connectivity index (χ3v) is 2.85. The molecule has 0 aliphatic carbocycles. The van der Waals surface area contributed by atoms with E-state index in [9.17, 15) is 4.39 Å². The predicted molar refractivity (Wildman–Crippen MR) is 67.2 cm³/mol. The van der Waals surface area contributed by atoms with E-state index in [1.165, 1.54) is 6.07 Å². The van der Waals surface area contributed by atoms with Crippen LogP contribution >= 0.6 is 11.6 Å². The number of hydrogen-bond donors (Lipinski definition) is 2. The molecule has 0 amide bonds. The Morgan fingerprint density at radius 3 is 2.67 bits per heavy atom. The lowest BCUT2D eigenvalue weighted by Gasteiger charge is -2.14. The third-order valence-electron chi connectivity index (χ3n) is 2.55. The standard InChI is InChI=1S/C12H12ClFN4/c13-9-4-1-3-8(11(9)14)7-10(18-15)12-16-5-2-6-17-12/h1-6,10,18H,7,15H2. The summed E-state index contributed by atoms with van der Waals surface area (Å²) in [6.45, 7) is 0. The monoisotopic (exact) mass is 266 g/mol. The molecule has 6 heteroatoms. The number of halogens is 2. The van der Waals surface area contributed by atoms with Gasteiger partial charge in [-0.15, -0.1) is 0 Å². The maximum absolute atomic E-state index is 13.8. The average Bonchev–Trinajstić information content (AvgIpc) is 2.41. The van der Waals surface area contributed by atoms with Crippen LogP contribution in [0.5, 0.6) is 0 Å². The summed E-state index contributed by atoms with van der Waals surface area (Å²) in [5.74, 6) is 5.53. The van der Waals surface area contributed by atoms with E-state index in [-0.39, 0.29) is 11.1 Å². The fraction of sp³-hybridized carbons (Fsp3) is 0.167. The molecule has 1 unspecified atom stereocenters. The number of nitrogens with zero attached hydrogens (tertiary/aromatic N) is 2. The molecule has 4 nitrogen and oxygen atoms in total. The van der Waals surface area contributed by atoms with Crippen LogP contribution in [-0.2, 0) is 6.42 Å². The molecule has 94 valence electrons. The summed E-state index contributed by atoms with van der Waals surface area (Å²) in [6.07, 6.45) is 3.55. The first kappa shape index (κ1) is 12.9. The van der Waals surface area contributed by atoms with Crippen molar-refractivity contribution in [3.05, 3.63) is 58.9 Å². The van der Waals surface area contributed by atoms with Crippen LogP contribution in [0, 0.1) is 5.82 Å². The predicted octanol–water partition coefficient (Wildman–Crippen LogP) is 2.02. The lowest BCUT2D eigenvalue weighted by Crippen LogP contribution is -2.31. The number of nitrogens with two attached hydrogens (primary N) is 1. The molecule has 2 rings (SSSR count). The fourth-order valence-electron chi connectivity index (χ4n) is 1.64. The maximum Gasteiger partial charge on any atom is 0.146 e. The van der Waals surface area contributed by atoms with Crippen molar-refractivity contribution in [1.29, 1.82) is 0 Å². The van der Waals surface area contributed by atoms with Crippen molar-refractivity contribution in [2.24, 2.45) is 5.84 Å². The van der Waals surface area contributed by atoms with Gasteiger partial charge in [0.2, 0.25) is 0 Å². The highest BCUT2D eigenvalue weighted by Gasteiger charge is 2.16. The summed E-state index contributed by atoms with van der Waals surface area (Å²) >= 11 is 5.73. The van der Waals surface area contributed by atoms with Crippen molar-refractivity contribution in [2.45, 2.75) is 12.5 Å². The van der Waals surface area contributed by atoms with E-state index < -0.39 is 5.82 Å². The number of nitrogens with one attached hydrogen (secondary N) is 1. The van der Waals surface area contributed by atoms with Gasteiger partial charge in [0.1, 0.15) is 11.6 Å². The minimum Gasteiger partial charge on any atom is -0.271 e. The van der Waals surface area contributed by atoms with Crippen molar-refractivity contribution in [1.82, 2.24) is 15.4 Å². The molecule has 0 aliphatic rings. The summed E-state index contributed by atoms with van der Waals surface area (Å²) in [4.78, 5) is 8.18. The number of aromatic nitrogens is 2. The van der Waals surface area contributed by atoms with Gasteiger partial charge in [-0.1, -0.05) is 23.7 Å². The Morgan fingerprint density at radius 2 is 2.00 bits per heavy atom. The molecule has 1 aromatic heterocycles. The summed E-state index contributed by atoms with van der Waals surface area (Å²) in [5.41, 5.74) is 3.05. The molecule has 1 heterocycles. The Bertz CT molecular complexity index is 521. The Labute approximate surface area is 109 Å². The van der Waals surface area contributed by atoms with Crippen LogP contribution in [0.2, 0.25) is 5.02 Å².